The van der Waals surface area contributed by atoms with Gasteiger partial charge in [0.2, 0.25) is 0 Å². The van der Waals surface area contributed by atoms with Crippen molar-refractivity contribution in [3.8, 4) is 0 Å². The Kier molecular flexibility index (Phi) is 4.99. The smallest absolute Gasteiger partial charge is 0.354 e. The van der Waals surface area contributed by atoms with Crippen molar-refractivity contribution in [1.82, 2.24) is 9.29 Å². The quantitative estimate of drug-likeness (QED) is 0.859. The zero-order valence-corrected chi connectivity index (χ0v) is 13.6. The molecule has 0 aliphatic carbocycles. The molecule has 0 spiro atoms. The van der Waals surface area contributed by atoms with E-state index in [9.17, 15) is 21.6 Å². The standard InChI is InChI=1S/C14H15F3N4O2S/c1-21(2)24(22,23)20-13-7-6-12(9-18-13)19-11-5-3-4-10(8-11)14(15,16)17/h3-9,19H,1-2H3,(H,18,20). The summed E-state index contributed by atoms with van der Waals surface area (Å²) in [6, 6.07) is 7.62. The van der Waals surface area contributed by atoms with Crippen LogP contribution in [0.5, 0.6) is 0 Å². The number of halogens is 3. The van der Waals surface area contributed by atoms with Crippen LogP contribution in [0.3, 0.4) is 0 Å². The van der Waals surface area contributed by atoms with Gasteiger partial charge in [-0.05, 0) is 30.3 Å². The SMILES string of the molecule is CN(C)S(=O)(=O)Nc1ccc(Nc2cccc(C(F)(F)F)c2)cn1. The largest absolute Gasteiger partial charge is 0.416 e. The van der Waals surface area contributed by atoms with Gasteiger partial charge in [0.25, 0.3) is 0 Å². The molecule has 0 bridgehead atoms. The first kappa shape index (κ1) is 18.0. The first-order valence-corrected chi connectivity index (χ1v) is 8.12. The molecule has 0 unspecified atom stereocenters. The topological polar surface area (TPSA) is 74.3 Å². The Morgan fingerprint density at radius 2 is 1.79 bits per heavy atom. The predicted octanol–water partition coefficient (Wildman–Crippen LogP) is 3.06. The Morgan fingerprint density at radius 3 is 2.33 bits per heavy atom. The molecule has 2 rings (SSSR count). The fourth-order valence-corrected chi connectivity index (χ4v) is 2.26. The van der Waals surface area contributed by atoms with Crippen molar-refractivity contribution in [3.05, 3.63) is 48.2 Å². The summed E-state index contributed by atoms with van der Waals surface area (Å²) < 4.78 is 64.6. The second kappa shape index (κ2) is 6.65. The van der Waals surface area contributed by atoms with Crippen molar-refractivity contribution in [1.29, 1.82) is 0 Å². The van der Waals surface area contributed by atoms with Crippen LogP contribution in [0.25, 0.3) is 0 Å². The van der Waals surface area contributed by atoms with Gasteiger partial charge in [-0.25, -0.2) is 4.98 Å². The van der Waals surface area contributed by atoms with Gasteiger partial charge in [0.1, 0.15) is 5.82 Å². The highest BCUT2D eigenvalue weighted by atomic mass is 32.2. The summed E-state index contributed by atoms with van der Waals surface area (Å²) in [5, 5.41) is 2.78. The fourth-order valence-electron chi connectivity index (χ4n) is 1.69. The minimum absolute atomic E-state index is 0.0956. The van der Waals surface area contributed by atoms with Crippen LogP contribution < -0.4 is 10.0 Å². The number of nitrogens with one attached hydrogen (secondary N) is 2. The van der Waals surface area contributed by atoms with E-state index in [1.165, 1.54) is 44.6 Å². The van der Waals surface area contributed by atoms with E-state index in [1.54, 1.807) is 0 Å². The van der Waals surface area contributed by atoms with E-state index >= 15 is 0 Å². The molecule has 2 N–H and O–H groups in total. The number of pyridine rings is 1. The molecule has 0 radical (unpaired) electrons. The minimum Gasteiger partial charge on any atom is -0.354 e. The molecule has 1 aromatic carbocycles. The lowest BCUT2D eigenvalue weighted by Crippen LogP contribution is -2.29. The van der Waals surface area contributed by atoms with Crippen LogP contribution in [0.2, 0.25) is 0 Å². The highest BCUT2D eigenvalue weighted by molar-refractivity contribution is 7.90. The molecule has 0 amide bonds. The molecule has 0 saturated carbocycles. The van der Waals surface area contributed by atoms with Crippen LogP contribution in [-0.4, -0.2) is 31.8 Å². The molecule has 24 heavy (non-hydrogen) atoms. The van der Waals surface area contributed by atoms with Gasteiger partial charge in [0, 0.05) is 19.8 Å². The van der Waals surface area contributed by atoms with Gasteiger partial charge in [-0.15, -0.1) is 0 Å². The second-order valence-electron chi connectivity index (χ2n) is 5.03. The van der Waals surface area contributed by atoms with Crippen molar-refractivity contribution in [2.45, 2.75) is 6.18 Å². The number of nitrogens with zero attached hydrogens (tertiary/aromatic N) is 2. The molecule has 6 nitrogen and oxygen atoms in total. The third kappa shape index (κ3) is 4.59. The van der Waals surface area contributed by atoms with Crippen molar-refractivity contribution >= 4 is 27.4 Å². The zero-order chi connectivity index (χ0) is 18.0. The molecule has 1 aromatic heterocycles. The Balaban J connectivity index is 2.13. The monoisotopic (exact) mass is 360 g/mol. The van der Waals surface area contributed by atoms with Crippen LogP contribution in [-0.2, 0) is 16.4 Å². The van der Waals surface area contributed by atoms with Crippen molar-refractivity contribution in [2.75, 3.05) is 24.1 Å². The van der Waals surface area contributed by atoms with Crippen LogP contribution in [0.4, 0.5) is 30.4 Å². The third-order valence-electron chi connectivity index (χ3n) is 2.96. The summed E-state index contributed by atoms with van der Waals surface area (Å²) in [4.78, 5) is 3.91. The summed E-state index contributed by atoms with van der Waals surface area (Å²) in [6.45, 7) is 0. The number of anilines is 3. The summed E-state index contributed by atoms with van der Waals surface area (Å²) in [5.74, 6) is 0.0956. The Labute approximate surface area is 137 Å². The lowest BCUT2D eigenvalue weighted by Gasteiger charge is -2.13. The molecule has 0 aliphatic heterocycles. The van der Waals surface area contributed by atoms with Crippen LogP contribution in [0.1, 0.15) is 5.56 Å². The highest BCUT2D eigenvalue weighted by Gasteiger charge is 2.30. The van der Waals surface area contributed by atoms with E-state index in [-0.39, 0.29) is 11.5 Å². The Bertz CT molecular complexity index is 806. The normalized spacial score (nSPS) is 12.2. The first-order valence-electron chi connectivity index (χ1n) is 6.68. The van der Waals surface area contributed by atoms with Gasteiger partial charge in [-0.1, -0.05) is 6.07 Å². The molecular formula is C14H15F3N4O2S. The maximum absolute atomic E-state index is 12.7. The van der Waals surface area contributed by atoms with Crippen molar-refractivity contribution < 1.29 is 21.6 Å². The predicted molar refractivity (Wildman–Crippen MR) is 85.2 cm³/mol. The maximum Gasteiger partial charge on any atom is 0.416 e. The molecule has 0 saturated heterocycles. The first-order chi connectivity index (χ1) is 11.1. The number of hydrogen-bond acceptors (Lipinski definition) is 4. The summed E-state index contributed by atoms with van der Waals surface area (Å²) in [7, 11) is -0.936. The molecule has 10 heteroatoms. The van der Waals surface area contributed by atoms with E-state index in [0.717, 1.165) is 16.4 Å². The van der Waals surface area contributed by atoms with Gasteiger partial charge in [0.15, 0.2) is 0 Å². The molecule has 2 aromatic rings. The Hall–Kier alpha value is -2.33. The van der Waals surface area contributed by atoms with E-state index in [1.807, 2.05) is 0 Å². The lowest BCUT2D eigenvalue weighted by molar-refractivity contribution is -0.137. The molecule has 130 valence electrons. The fraction of sp³-hybridized carbons (Fsp3) is 0.214. The van der Waals surface area contributed by atoms with Crippen LogP contribution in [0.15, 0.2) is 42.6 Å². The summed E-state index contributed by atoms with van der Waals surface area (Å²) >= 11 is 0. The minimum atomic E-state index is -4.43. The molecule has 0 aliphatic rings. The lowest BCUT2D eigenvalue weighted by atomic mass is 10.2. The van der Waals surface area contributed by atoms with E-state index in [4.69, 9.17) is 0 Å². The van der Waals surface area contributed by atoms with Gasteiger partial charge in [0.05, 0.1) is 17.4 Å². The molecule has 0 fully saturated rings. The van der Waals surface area contributed by atoms with E-state index < -0.39 is 21.9 Å². The molecule has 1 heterocycles. The zero-order valence-electron chi connectivity index (χ0n) is 12.8. The van der Waals surface area contributed by atoms with Crippen LogP contribution >= 0.6 is 0 Å². The highest BCUT2D eigenvalue weighted by Crippen LogP contribution is 2.31. The van der Waals surface area contributed by atoms with E-state index in [0.29, 0.717) is 5.69 Å². The van der Waals surface area contributed by atoms with E-state index in [2.05, 4.69) is 15.0 Å². The number of benzene rings is 1. The van der Waals surface area contributed by atoms with Gasteiger partial charge >= 0.3 is 16.4 Å². The van der Waals surface area contributed by atoms with Crippen LogP contribution in [0, 0.1) is 0 Å². The van der Waals surface area contributed by atoms with Crippen molar-refractivity contribution in [3.63, 3.8) is 0 Å². The average Bonchev–Trinajstić information content (AvgIpc) is 2.48. The number of hydrogen-bond donors (Lipinski definition) is 2. The average molecular weight is 360 g/mol. The molecule has 0 atom stereocenters. The van der Waals surface area contributed by atoms with Gasteiger partial charge in [-0.2, -0.15) is 25.9 Å². The second-order valence-corrected chi connectivity index (χ2v) is 6.91. The Morgan fingerprint density at radius 1 is 1.08 bits per heavy atom. The third-order valence-corrected chi connectivity index (χ3v) is 4.38. The number of alkyl halides is 3. The number of aromatic nitrogens is 1. The maximum atomic E-state index is 12.7. The summed E-state index contributed by atoms with van der Waals surface area (Å²) in [6.07, 6.45) is -3.11. The summed E-state index contributed by atoms with van der Waals surface area (Å²) in [5.41, 5.74) is -0.105. The van der Waals surface area contributed by atoms with Crippen molar-refractivity contribution in [2.24, 2.45) is 0 Å². The molecular weight excluding hydrogens is 345 g/mol. The van der Waals surface area contributed by atoms with Gasteiger partial charge in [-0.3, -0.25) is 4.72 Å². The van der Waals surface area contributed by atoms with Gasteiger partial charge < -0.3 is 5.32 Å². The number of rotatable bonds is 5.